The van der Waals surface area contributed by atoms with E-state index in [-0.39, 0.29) is 12.5 Å². The molecule has 1 aliphatic heterocycles. The van der Waals surface area contributed by atoms with Gasteiger partial charge in [-0.2, -0.15) is 0 Å². The summed E-state index contributed by atoms with van der Waals surface area (Å²) in [6.45, 7) is 5.93. The number of carbonyl (C=O) groups excluding carboxylic acids is 1. The van der Waals surface area contributed by atoms with Gasteiger partial charge in [0.05, 0.1) is 17.9 Å². The van der Waals surface area contributed by atoms with E-state index in [2.05, 4.69) is 0 Å². The van der Waals surface area contributed by atoms with Crippen LogP contribution in [0.2, 0.25) is 0 Å². The molecule has 0 aliphatic carbocycles. The Morgan fingerprint density at radius 1 is 1.50 bits per heavy atom. The van der Waals surface area contributed by atoms with Gasteiger partial charge in [-0.05, 0) is 25.3 Å². The second-order valence-corrected chi connectivity index (χ2v) is 6.16. The molecule has 1 aromatic heterocycles. The summed E-state index contributed by atoms with van der Waals surface area (Å²) in [7, 11) is 1.45. The lowest BCUT2D eigenvalue weighted by molar-refractivity contribution is -0.189. The number of nitrogens with zero attached hydrogens (tertiary/aromatic N) is 1. The molecular formula is C16H25NO5. The third kappa shape index (κ3) is 2.78. The highest BCUT2D eigenvalue weighted by atomic mass is 16.6. The molecule has 1 aliphatic rings. The average molecular weight is 311 g/mol. The number of aliphatic hydroxyl groups is 2. The van der Waals surface area contributed by atoms with Crippen LogP contribution in [-0.2, 0) is 27.4 Å². The maximum Gasteiger partial charge on any atom is 0.341 e. The fraction of sp³-hybridized carbons (Fsp3) is 0.688. The van der Waals surface area contributed by atoms with Crippen molar-refractivity contribution < 1.29 is 24.5 Å². The number of esters is 1. The Labute approximate surface area is 130 Å². The topological polar surface area (TPSA) is 80.9 Å². The first kappa shape index (κ1) is 17.0. The number of hydrogen-bond donors (Lipinski definition) is 2. The van der Waals surface area contributed by atoms with Crippen molar-refractivity contribution in [2.24, 2.45) is 5.92 Å². The first-order valence-corrected chi connectivity index (χ1v) is 7.60. The molecule has 0 saturated carbocycles. The van der Waals surface area contributed by atoms with Gasteiger partial charge in [0.1, 0.15) is 6.61 Å². The van der Waals surface area contributed by atoms with Crippen molar-refractivity contribution in [3.63, 3.8) is 0 Å². The predicted octanol–water partition coefficient (Wildman–Crippen LogP) is 1.39. The normalized spacial score (nSPS) is 21.5. The first-order valence-electron chi connectivity index (χ1n) is 7.60. The van der Waals surface area contributed by atoms with Crippen LogP contribution < -0.4 is 0 Å². The summed E-state index contributed by atoms with van der Waals surface area (Å²) in [5, 5.41) is 20.6. The lowest BCUT2D eigenvalue weighted by atomic mass is 9.85. The number of methoxy groups -OCH3 is 1. The van der Waals surface area contributed by atoms with E-state index in [0.717, 1.165) is 17.8 Å². The first-order chi connectivity index (χ1) is 10.3. The van der Waals surface area contributed by atoms with Crippen LogP contribution in [0.25, 0.3) is 0 Å². The quantitative estimate of drug-likeness (QED) is 0.776. The minimum atomic E-state index is -1.70. The number of rotatable bonds is 6. The molecule has 0 fully saturated rings. The summed E-state index contributed by atoms with van der Waals surface area (Å²) < 4.78 is 12.4. The predicted molar refractivity (Wildman–Crippen MR) is 80.1 cm³/mol. The van der Waals surface area contributed by atoms with Crippen LogP contribution in [0, 0.1) is 5.92 Å². The minimum Gasteiger partial charge on any atom is -0.459 e. The summed E-state index contributed by atoms with van der Waals surface area (Å²) >= 11 is 0. The van der Waals surface area contributed by atoms with Gasteiger partial charge in [0, 0.05) is 25.4 Å². The van der Waals surface area contributed by atoms with Crippen LogP contribution in [0.3, 0.4) is 0 Å². The van der Waals surface area contributed by atoms with Gasteiger partial charge in [-0.25, -0.2) is 4.79 Å². The second kappa shape index (κ2) is 6.40. The average Bonchev–Trinajstić information content (AvgIpc) is 3.06. The number of aliphatic hydroxyl groups excluding tert-OH is 1. The van der Waals surface area contributed by atoms with Gasteiger partial charge in [0.25, 0.3) is 0 Å². The number of aryl methyl sites for hydroxylation is 1. The van der Waals surface area contributed by atoms with Crippen molar-refractivity contribution in [1.82, 2.24) is 4.57 Å². The second-order valence-electron chi connectivity index (χ2n) is 6.16. The van der Waals surface area contributed by atoms with Crippen molar-refractivity contribution in [1.29, 1.82) is 0 Å². The summed E-state index contributed by atoms with van der Waals surface area (Å²) in [5.74, 6) is -1.05. The number of ether oxygens (including phenoxy) is 2. The number of hydrogen-bond acceptors (Lipinski definition) is 5. The molecule has 0 radical (unpaired) electrons. The Kier molecular flexibility index (Phi) is 4.94. The fourth-order valence-electron chi connectivity index (χ4n) is 2.96. The fourth-order valence-corrected chi connectivity index (χ4v) is 2.96. The van der Waals surface area contributed by atoms with Gasteiger partial charge in [-0.1, -0.05) is 13.8 Å². The number of fused-ring (bicyclic) bond motifs is 1. The maximum atomic E-state index is 12.4. The Morgan fingerprint density at radius 3 is 2.77 bits per heavy atom. The molecule has 6 nitrogen and oxygen atoms in total. The molecule has 124 valence electrons. The lowest BCUT2D eigenvalue weighted by Gasteiger charge is -2.34. The van der Waals surface area contributed by atoms with Crippen molar-refractivity contribution in [2.45, 2.75) is 58.2 Å². The molecule has 6 heteroatoms. The molecule has 2 heterocycles. The van der Waals surface area contributed by atoms with Crippen LogP contribution in [-0.4, -0.2) is 39.6 Å². The highest BCUT2D eigenvalue weighted by Gasteiger charge is 2.46. The van der Waals surface area contributed by atoms with E-state index in [4.69, 9.17) is 9.47 Å². The highest BCUT2D eigenvalue weighted by Crippen LogP contribution is 2.31. The Hall–Kier alpha value is -1.37. The van der Waals surface area contributed by atoms with Gasteiger partial charge < -0.3 is 24.3 Å². The van der Waals surface area contributed by atoms with Crippen LogP contribution in [0.5, 0.6) is 0 Å². The molecule has 0 spiro atoms. The molecule has 2 N–H and O–H groups in total. The Balaban J connectivity index is 2.09. The van der Waals surface area contributed by atoms with Gasteiger partial charge in [-0.3, -0.25) is 0 Å². The Morgan fingerprint density at radius 2 is 2.18 bits per heavy atom. The molecule has 2 rings (SSSR count). The van der Waals surface area contributed by atoms with Crippen molar-refractivity contribution in [2.75, 3.05) is 7.11 Å². The van der Waals surface area contributed by atoms with Crippen molar-refractivity contribution in [3.05, 3.63) is 23.5 Å². The molecule has 1 aromatic rings. The molecule has 22 heavy (non-hydrogen) atoms. The summed E-state index contributed by atoms with van der Waals surface area (Å²) in [5.41, 5.74) is -0.133. The Bertz CT molecular complexity index is 539. The zero-order valence-electron chi connectivity index (χ0n) is 13.6. The van der Waals surface area contributed by atoms with Crippen LogP contribution in [0.4, 0.5) is 0 Å². The molecular weight excluding hydrogens is 286 g/mol. The molecule has 3 atom stereocenters. The van der Waals surface area contributed by atoms with Crippen molar-refractivity contribution >= 4 is 5.97 Å². The maximum absolute atomic E-state index is 12.4. The molecule has 0 saturated heterocycles. The third-order valence-electron chi connectivity index (χ3n) is 4.59. The monoisotopic (exact) mass is 311 g/mol. The van der Waals surface area contributed by atoms with E-state index in [0.29, 0.717) is 6.42 Å². The van der Waals surface area contributed by atoms with E-state index >= 15 is 0 Å². The third-order valence-corrected chi connectivity index (χ3v) is 4.59. The lowest BCUT2D eigenvalue weighted by Crippen LogP contribution is -2.54. The van der Waals surface area contributed by atoms with E-state index in [9.17, 15) is 15.0 Å². The van der Waals surface area contributed by atoms with Gasteiger partial charge in [0.15, 0.2) is 5.60 Å². The van der Waals surface area contributed by atoms with Gasteiger partial charge >= 0.3 is 5.97 Å². The van der Waals surface area contributed by atoms with Gasteiger partial charge in [0.2, 0.25) is 0 Å². The molecule has 0 bridgehead atoms. The largest absolute Gasteiger partial charge is 0.459 e. The smallest absolute Gasteiger partial charge is 0.341 e. The molecule has 0 aromatic carbocycles. The van der Waals surface area contributed by atoms with Crippen LogP contribution in [0.15, 0.2) is 12.3 Å². The van der Waals surface area contributed by atoms with Crippen LogP contribution in [0.1, 0.15) is 44.6 Å². The summed E-state index contributed by atoms with van der Waals surface area (Å²) in [6.07, 6.45) is 1.35. The SMILES string of the molecule is COC(C)C(O)(C(=O)OCc1ccn2c1[C@@H](O)CC2)C(C)C. The van der Waals surface area contributed by atoms with E-state index in [1.807, 2.05) is 16.8 Å². The van der Waals surface area contributed by atoms with Gasteiger partial charge in [-0.15, -0.1) is 0 Å². The van der Waals surface area contributed by atoms with Crippen molar-refractivity contribution in [3.8, 4) is 0 Å². The standard InChI is InChI=1S/C16H25NO5/c1-10(2)16(20,11(3)21-4)15(19)22-9-12-5-7-17-8-6-13(18)14(12)17/h5,7,10-11,13,18,20H,6,8-9H2,1-4H3/t11?,13-,16?/m0/s1. The summed E-state index contributed by atoms with van der Waals surface area (Å²) in [6, 6.07) is 1.83. The minimum absolute atomic E-state index is 0.0314. The van der Waals surface area contributed by atoms with Crippen LogP contribution >= 0.6 is 0 Å². The van der Waals surface area contributed by atoms with E-state index in [1.165, 1.54) is 7.11 Å². The van der Waals surface area contributed by atoms with E-state index in [1.54, 1.807) is 20.8 Å². The zero-order valence-corrected chi connectivity index (χ0v) is 13.6. The number of carbonyl (C=O) groups is 1. The number of aromatic nitrogens is 1. The van der Waals surface area contributed by atoms with E-state index < -0.39 is 23.8 Å². The zero-order chi connectivity index (χ0) is 16.5. The summed E-state index contributed by atoms with van der Waals surface area (Å²) in [4.78, 5) is 12.4. The molecule has 2 unspecified atom stereocenters. The highest BCUT2D eigenvalue weighted by molar-refractivity contribution is 5.80. The molecule has 0 amide bonds.